The lowest BCUT2D eigenvalue weighted by molar-refractivity contribution is -0.142. The van der Waals surface area contributed by atoms with Crippen LogP contribution in [0.1, 0.15) is 42.4 Å². The highest BCUT2D eigenvalue weighted by Crippen LogP contribution is 2.26. The lowest BCUT2D eigenvalue weighted by atomic mass is 10.1. The Morgan fingerprint density at radius 2 is 1.32 bits per heavy atom. The molecule has 8 nitrogen and oxygen atoms in total. The highest BCUT2D eigenvalue weighted by atomic mass is 32.2. The number of esters is 2. The summed E-state index contributed by atoms with van der Waals surface area (Å²) in [5.74, 6) is 7.43. The quantitative estimate of drug-likeness (QED) is 0.138. The molecule has 204 valence electrons. The number of aryl methyl sites for hydroxylation is 3. The van der Waals surface area contributed by atoms with Crippen molar-refractivity contribution in [2.45, 2.75) is 45.4 Å². The molecule has 0 atom stereocenters. The Morgan fingerprint density at radius 1 is 0.784 bits per heavy atom. The van der Waals surface area contributed by atoms with Crippen LogP contribution in [0.15, 0.2) is 36.4 Å². The molecule has 0 heterocycles. The van der Waals surface area contributed by atoms with Crippen LogP contribution in [0.4, 0.5) is 0 Å². The van der Waals surface area contributed by atoms with Gasteiger partial charge in [-0.3, -0.25) is 9.59 Å². The molecule has 2 aromatic carbocycles. The zero-order valence-corrected chi connectivity index (χ0v) is 22.9. The summed E-state index contributed by atoms with van der Waals surface area (Å²) in [5.41, 5.74) is 3.03. The standard InChI is InChI=1S/C27H37NO7S2/c1-20-16-21(8-10-23(20)29)6-4-14-36-18-26(31)33-12-2-3-13-34-27(32)19-37-15-5-7-22-9-11-25(35-28)24(30)17-22/h8-11,16-17,29-30H,2-7,12-15,18-19,28H2,1H3. The lowest BCUT2D eigenvalue weighted by Gasteiger charge is -2.07. The second-order valence-corrected chi connectivity index (χ2v) is 10.7. The van der Waals surface area contributed by atoms with Crippen molar-refractivity contribution in [2.24, 2.45) is 5.90 Å². The van der Waals surface area contributed by atoms with Gasteiger partial charge in [0, 0.05) is 0 Å². The third-order valence-electron chi connectivity index (χ3n) is 5.42. The van der Waals surface area contributed by atoms with Crippen molar-refractivity contribution >= 4 is 35.5 Å². The van der Waals surface area contributed by atoms with Gasteiger partial charge < -0.3 is 24.5 Å². The number of carbonyl (C=O) groups is 2. The summed E-state index contributed by atoms with van der Waals surface area (Å²) >= 11 is 3.07. The van der Waals surface area contributed by atoms with E-state index in [1.54, 1.807) is 30.0 Å². The van der Waals surface area contributed by atoms with Crippen molar-refractivity contribution in [3.8, 4) is 17.2 Å². The van der Waals surface area contributed by atoms with Crippen LogP contribution in [0, 0.1) is 6.92 Å². The lowest BCUT2D eigenvalue weighted by Crippen LogP contribution is -2.11. The Kier molecular flexibility index (Phi) is 14.8. The van der Waals surface area contributed by atoms with Crippen LogP contribution in [-0.2, 0) is 31.9 Å². The van der Waals surface area contributed by atoms with Gasteiger partial charge in [0.1, 0.15) is 5.75 Å². The van der Waals surface area contributed by atoms with Crippen LogP contribution in [0.25, 0.3) is 0 Å². The van der Waals surface area contributed by atoms with Gasteiger partial charge in [-0.1, -0.05) is 18.2 Å². The Balaban J connectivity index is 1.38. The van der Waals surface area contributed by atoms with Crippen molar-refractivity contribution in [2.75, 3.05) is 36.2 Å². The second-order valence-electron chi connectivity index (χ2n) is 8.50. The molecule has 37 heavy (non-hydrogen) atoms. The molecule has 0 spiro atoms. The van der Waals surface area contributed by atoms with E-state index in [1.165, 1.54) is 17.3 Å². The minimum Gasteiger partial charge on any atom is -0.508 e. The number of benzene rings is 2. The Hall–Kier alpha value is -2.56. The van der Waals surface area contributed by atoms with Gasteiger partial charge in [-0.15, -0.1) is 0 Å². The van der Waals surface area contributed by atoms with E-state index in [-0.39, 0.29) is 23.4 Å². The largest absolute Gasteiger partial charge is 0.508 e. The molecular formula is C27H37NO7S2. The number of hydrogen-bond donors (Lipinski definition) is 3. The SMILES string of the molecule is Cc1cc(CCCSCC(=O)OCCCCOC(=O)CSCCCc2ccc(ON)c(O)c2)ccc1O. The number of aromatic hydroxyl groups is 2. The average molecular weight is 552 g/mol. The molecule has 0 saturated heterocycles. The molecule has 0 aliphatic carbocycles. The molecule has 0 radical (unpaired) electrons. The van der Waals surface area contributed by atoms with E-state index in [4.69, 9.17) is 15.4 Å². The van der Waals surface area contributed by atoms with Crippen LogP contribution in [0.2, 0.25) is 0 Å². The molecule has 0 bridgehead atoms. The summed E-state index contributed by atoms with van der Waals surface area (Å²) in [4.78, 5) is 28.2. The van der Waals surface area contributed by atoms with Gasteiger partial charge in [0.15, 0.2) is 11.5 Å². The number of hydrogen-bond acceptors (Lipinski definition) is 10. The van der Waals surface area contributed by atoms with E-state index in [0.29, 0.717) is 43.3 Å². The number of rotatable bonds is 18. The third-order valence-corrected chi connectivity index (χ3v) is 7.46. The number of nitrogens with two attached hydrogens (primary N) is 1. The van der Waals surface area contributed by atoms with Crippen molar-refractivity contribution in [3.63, 3.8) is 0 Å². The Bertz CT molecular complexity index is 987. The monoisotopic (exact) mass is 551 g/mol. The Morgan fingerprint density at radius 3 is 1.84 bits per heavy atom. The van der Waals surface area contributed by atoms with Crippen molar-refractivity contribution in [1.29, 1.82) is 0 Å². The number of phenolic OH excluding ortho intramolecular Hbond substituents is 2. The molecular weight excluding hydrogens is 514 g/mol. The first kappa shape index (κ1) is 30.7. The summed E-state index contributed by atoms with van der Waals surface area (Å²) in [6.07, 6.45) is 4.80. The van der Waals surface area contributed by atoms with E-state index in [0.717, 1.165) is 48.3 Å². The van der Waals surface area contributed by atoms with Crippen molar-refractivity contribution in [3.05, 3.63) is 53.1 Å². The molecule has 0 amide bonds. The van der Waals surface area contributed by atoms with Crippen LogP contribution >= 0.6 is 23.5 Å². The van der Waals surface area contributed by atoms with Crippen molar-refractivity contribution in [1.82, 2.24) is 0 Å². The summed E-state index contributed by atoms with van der Waals surface area (Å²) < 4.78 is 10.5. The minimum atomic E-state index is -0.247. The zero-order valence-electron chi connectivity index (χ0n) is 21.3. The average Bonchev–Trinajstić information content (AvgIpc) is 2.88. The molecule has 0 saturated carbocycles. The van der Waals surface area contributed by atoms with E-state index < -0.39 is 0 Å². The predicted molar refractivity (Wildman–Crippen MR) is 148 cm³/mol. The number of carbonyl (C=O) groups excluding carboxylic acids is 2. The van der Waals surface area contributed by atoms with Gasteiger partial charge in [0.05, 0.1) is 24.7 Å². The van der Waals surface area contributed by atoms with Crippen LogP contribution in [-0.4, -0.2) is 58.4 Å². The maximum absolute atomic E-state index is 11.8. The Labute approximate surface area is 227 Å². The fourth-order valence-corrected chi connectivity index (χ4v) is 4.90. The summed E-state index contributed by atoms with van der Waals surface area (Å²) in [7, 11) is 0. The molecule has 4 N–H and O–H groups in total. The van der Waals surface area contributed by atoms with Gasteiger partial charge in [-0.2, -0.15) is 29.4 Å². The topological polar surface area (TPSA) is 128 Å². The number of ether oxygens (including phenoxy) is 2. The molecule has 2 aromatic rings. The summed E-state index contributed by atoms with van der Waals surface area (Å²) in [6, 6.07) is 10.7. The first-order valence-corrected chi connectivity index (χ1v) is 14.6. The van der Waals surface area contributed by atoms with E-state index in [2.05, 4.69) is 4.84 Å². The van der Waals surface area contributed by atoms with E-state index in [9.17, 15) is 19.8 Å². The summed E-state index contributed by atoms with van der Waals surface area (Å²) in [5, 5.41) is 19.3. The fourth-order valence-electron chi connectivity index (χ4n) is 3.42. The van der Waals surface area contributed by atoms with E-state index in [1.807, 2.05) is 25.1 Å². The second kappa shape index (κ2) is 17.8. The van der Waals surface area contributed by atoms with Gasteiger partial charge >= 0.3 is 11.9 Å². The molecule has 0 aromatic heterocycles. The fraction of sp³-hybridized carbons (Fsp3) is 0.481. The molecule has 10 heteroatoms. The maximum atomic E-state index is 11.8. The minimum absolute atomic E-state index is 0.0121. The number of unbranched alkanes of at least 4 members (excludes halogenated alkanes) is 1. The van der Waals surface area contributed by atoms with Gasteiger partial charge in [0.25, 0.3) is 0 Å². The zero-order chi connectivity index (χ0) is 26.9. The van der Waals surface area contributed by atoms with Crippen LogP contribution < -0.4 is 10.7 Å². The predicted octanol–water partition coefficient (Wildman–Crippen LogP) is 4.56. The highest BCUT2D eigenvalue weighted by molar-refractivity contribution is 8.00. The molecule has 0 aliphatic rings. The maximum Gasteiger partial charge on any atom is 0.315 e. The normalized spacial score (nSPS) is 10.8. The van der Waals surface area contributed by atoms with Crippen LogP contribution in [0.5, 0.6) is 17.2 Å². The number of phenols is 2. The van der Waals surface area contributed by atoms with Crippen LogP contribution in [0.3, 0.4) is 0 Å². The number of thioether (sulfide) groups is 2. The smallest absolute Gasteiger partial charge is 0.315 e. The van der Waals surface area contributed by atoms with Gasteiger partial charge in [0.2, 0.25) is 0 Å². The van der Waals surface area contributed by atoms with Gasteiger partial charge in [-0.25, -0.2) is 0 Å². The summed E-state index contributed by atoms with van der Waals surface area (Å²) in [6.45, 7) is 2.52. The van der Waals surface area contributed by atoms with Crippen molar-refractivity contribution < 1.29 is 34.1 Å². The molecule has 2 rings (SSSR count). The first-order chi connectivity index (χ1) is 17.9. The molecule has 0 aliphatic heterocycles. The molecule has 0 unspecified atom stereocenters. The third kappa shape index (κ3) is 13.0. The highest BCUT2D eigenvalue weighted by Gasteiger charge is 2.07. The van der Waals surface area contributed by atoms with E-state index >= 15 is 0 Å². The molecule has 0 fully saturated rings. The first-order valence-electron chi connectivity index (χ1n) is 12.3. The van der Waals surface area contributed by atoms with Gasteiger partial charge in [-0.05, 0) is 91.8 Å².